The number of benzene rings is 5. The molecular formula is C30H26N4. The SMILES string of the molecule is CN1CN(c2cccc(N3CN(C)c4cccc5cccc3c45)c2)c2cccc3cccc1c23. The third kappa shape index (κ3) is 2.72. The number of anilines is 6. The summed E-state index contributed by atoms with van der Waals surface area (Å²) < 4.78 is 0. The molecule has 166 valence electrons. The van der Waals surface area contributed by atoms with Gasteiger partial charge in [-0.25, -0.2) is 0 Å². The standard InChI is InChI=1S/C30H26N4/c1-31-19-33(27-16-5-10-21-8-3-14-25(31)29(21)27)23-12-7-13-24(18-23)34-20-32(2)26-15-4-9-22-11-6-17-28(34)30(22)26/h3-18H,19-20H2,1-2H3. The predicted octanol–water partition coefficient (Wildman–Crippen LogP) is 7.08. The molecule has 5 aromatic carbocycles. The van der Waals surface area contributed by atoms with Crippen molar-refractivity contribution in [2.75, 3.05) is 47.0 Å². The largest absolute Gasteiger partial charge is 0.356 e. The summed E-state index contributed by atoms with van der Waals surface area (Å²) in [6.07, 6.45) is 0. The van der Waals surface area contributed by atoms with Gasteiger partial charge >= 0.3 is 0 Å². The van der Waals surface area contributed by atoms with Crippen LogP contribution in [0.5, 0.6) is 0 Å². The fourth-order valence-electron chi connectivity index (χ4n) is 5.69. The molecule has 4 nitrogen and oxygen atoms in total. The van der Waals surface area contributed by atoms with E-state index in [1.807, 2.05) is 0 Å². The van der Waals surface area contributed by atoms with Gasteiger partial charge in [0.25, 0.3) is 0 Å². The van der Waals surface area contributed by atoms with Gasteiger partial charge in [0.1, 0.15) is 0 Å². The first kappa shape index (κ1) is 19.3. The number of hydrogen-bond acceptors (Lipinski definition) is 4. The van der Waals surface area contributed by atoms with E-state index in [4.69, 9.17) is 0 Å². The zero-order valence-corrected chi connectivity index (χ0v) is 19.4. The quantitative estimate of drug-likeness (QED) is 0.289. The summed E-state index contributed by atoms with van der Waals surface area (Å²) in [4.78, 5) is 9.55. The normalized spacial score (nSPS) is 14.9. The van der Waals surface area contributed by atoms with E-state index in [-0.39, 0.29) is 0 Å². The van der Waals surface area contributed by atoms with Crippen molar-refractivity contribution in [3.8, 4) is 0 Å². The summed E-state index contributed by atoms with van der Waals surface area (Å²) in [6, 6.07) is 35.4. The molecule has 0 radical (unpaired) electrons. The Labute approximate surface area is 199 Å². The van der Waals surface area contributed by atoms with Gasteiger partial charge in [0.05, 0.1) is 24.7 Å². The second kappa shape index (κ2) is 7.16. The number of nitrogens with zero attached hydrogens (tertiary/aromatic N) is 4. The van der Waals surface area contributed by atoms with E-state index < -0.39 is 0 Å². The van der Waals surface area contributed by atoms with Crippen LogP contribution in [-0.4, -0.2) is 27.4 Å². The lowest BCUT2D eigenvalue weighted by atomic mass is 10.0. The highest BCUT2D eigenvalue weighted by Crippen LogP contribution is 2.45. The van der Waals surface area contributed by atoms with Crippen molar-refractivity contribution in [3.63, 3.8) is 0 Å². The van der Waals surface area contributed by atoms with E-state index in [1.165, 1.54) is 55.7 Å². The van der Waals surface area contributed by atoms with Gasteiger partial charge in [0.2, 0.25) is 0 Å². The second-order valence-electron chi connectivity index (χ2n) is 9.36. The van der Waals surface area contributed by atoms with Crippen LogP contribution < -0.4 is 19.6 Å². The second-order valence-corrected chi connectivity index (χ2v) is 9.36. The van der Waals surface area contributed by atoms with E-state index >= 15 is 0 Å². The smallest absolute Gasteiger partial charge is 0.0949 e. The van der Waals surface area contributed by atoms with Crippen molar-refractivity contribution >= 4 is 55.7 Å². The van der Waals surface area contributed by atoms with Crippen LogP contribution in [0.3, 0.4) is 0 Å². The van der Waals surface area contributed by atoms with E-state index in [2.05, 4.69) is 131 Å². The van der Waals surface area contributed by atoms with E-state index in [1.54, 1.807) is 0 Å². The van der Waals surface area contributed by atoms with E-state index in [0.717, 1.165) is 13.3 Å². The average Bonchev–Trinajstić information content (AvgIpc) is 2.88. The van der Waals surface area contributed by atoms with Crippen LogP contribution in [0.15, 0.2) is 97.1 Å². The van der Waals surface area contributed by atoms with Crippen LogP contribution in [0.1, 0.15) is 0 Å². The molecule has 0 atom stereocenters. The third-order valence-electron chi connectivity index (χ3n) is 7.29. The van der Waals surface area contributed by atoms with Crippen LogP contribution in [0.2, 0.25) is 0 Å². The van der Waals surface area contributed by atoms with Gasteiger partial charge in [-0.05, 0) is 53.2 Å². The van der Waals surface area contributed by atoms with Crippen molar-refractivity contribution in [2.24, 2.45) is 0 Å². The molecule has 5 aromatic rings. The molecule has 0 amide bonds. The fourth-order valence-corrected chi connectivity index (χ4v) is 5.69. The summed E-state index contributed by atoms with van der Waals surface area (Å²) in [6.45, 7) is 1.63. The van der Waals surface area contributed by atoms with Gasteiger partial charge in [-0.2, -0.15) is 0 Å². The highest BCUT2D eigenvalue weighted by molar-refractivity contribution is 6.08. The molecule has 7 rings (SSSR count). The highest BCUT2D eigenvalue weighted by Gasteiger charge is 2.26. The van der Waals surface area contributed by atoms with Crippen molar-refractivity contribution in [2.45, 2.75) is 0 Å². The Hall–Kier alpha value is -4.18. The topological polar surface area (TPSA) is 13.0 Å². The maximum Gasteiger partial charge on any atom is 0.0949 e. The zero-order valence-electron chi connectivity index (χ0n) is 19.4. The molecule has 2 aliphatic heterocycles. The number of rotatable bonds is 2. The molecule has 0 fully saturated rings. The lowest BCUT2D eigenvalue weighted by Crippen LogP contribution is -2.37. The molecule has 0 saturated heterocycles. The molecule has 0 bridgehead atoms. The minimum Gasteiger partial charge on any atom is -0.356 e. The van der Waals surface area contributed by atoms with Crippen molar-refractivity contribution in [1.29, 1.82) is 0 Å². The average molecular weight is 443 g/mol. The summed E-state index contributed by atoms with van der Waals surface area (Å²) in [5.41, 5.74) is 7.54. The maximum atomic E-state index is 2.43. The van der Waals surface area contributed by atoms with Gasteiger partial charge in [-0.3, -0.25) is 0 Å². The van der Waals surface area contributed by atoms with Crippen LogP contribution in [-0.2, 0) is 0 Å². The monoisotopic (exact) mass is 442 g/mol. The van der Waals surface area contributed by atoms with E-state index in [0.29, 0.717) is 0 Å². The van der Waals surface area contributed by atoms with Crippen LogP contribution in [0.25, 0.3) is 21.5 Å². The van der Waals surface area contributed by atoms with Crippen molar-refractivity contribution in [3.05, 3.63) is 97.1 Å². The lowest BCUT2D eigenvalue weighted by Gasteiger charge is -2.39. The summed E-state index contributed by atoms with van der Waals surface area (Å²) in [5, 5.41) is 5.20. The fraction of sp³-hybridized carbons (Fsp3) is 0.133. The van der Waals surface area contributed by atoms with Gasteiger partial charge in [-0.1, -0.05) is 54.6 Å². The third-order valence-corrected chi connectivity index (χ3v) is 7.29. The molecule has 0 aromatic heterocycles. The van der Waals surface area contributed by atoms with Crippen LogP contribution in [0.4, 0.5) is 34.1 Å². The van der Waals surface area contributed by atoms with Gasteiger partial charge in [-0.15, -0.1) is 0 Å². The van der Waals surface area contributed by atoms with E-state index in [9.17, 15) is 0 Å². The molecule has 4 heteroatoms. The lowest BCUT2D eigenvalue weighted by molar-refractivity contribution is 0.870. The molecule has 0 saturated carbocycles. The van der Waals surface area contributed by atoms with Crippen molar-refractivity contribution in [1.82, 2.24) is 0 Å². The first-order chi connectivity index (χ1) is 16.7. The molecule has 0 spiro atoms. The Bertz CT molecular complexity index is 1450. The number of hydrogen-bond donors (Lipinski definition) is 0. The Morgan fingerprint density at radius 1 is 0.471 bits per heavy atom. The Balaban J connectivity index is 1.37. The minimum absolute atomic E-state index is 0.817. The van der Waals surface area contributed by atoms with Gasteiger partial charge in [0, 0.05) is 47.6 Å². The Morgan fingerprint density at radius 3 is 1.29 bits per heavy atom. The van der Waals surface area contributed by atoms with Crippen LogP contribution in [0, 0.1) is 0 Å². The highest BCUT2D eigenvalue weighted by atomic mass is 15.3. The summed E-state index contributed by atoms with van der Waals surface area (Å²) in [7, 11) is 4.36. The first-order valence-electron chi connectivity index (χ1n) is 11.8. The predicted molar refractivity (Wildman–Crippen MR) is 145 cm³/mol. The summed E-state index contributed by atoms with van der Waals surface area (Å²) in [5.74, 6) is 0. The Morgan fingerprint density at radius 2 is 0.853 bits per heavy atom. The first-order valence-corrected chi connectivity index (χ1v) is 11.8. The summed E-state index contributed by atoms with van der Waals surface area (Å²) >= 11 is 0. The molecule has 2 heterocycles. The van der Waals surface area contributed by atoms with Gasteiger partial charge < -0.3 is 19.6 Å². The van der Waals surface area contributed by atoms with Gasteiger partial charge in [0.15, 0.2) is 0 Å². The molecule has 2 aliphatic rings. The zero-order chi connectivity index (χ0) is 22.8. The molecule has 34 heavy (non-hydrogen) atoms. The molecule has 0 N–H and O–H groups in total. The molecule has 0 unspecified atom stereocenters. The molecule has 0 aliphatic carbocycles. The van der Waals surface area contributed by atoms with Crippen LogP contribution >= 0.6 is 0 Å². The van der Waals surface area contributed by atoms with Crippen molar-refractivity contribution < 1.29 is 0 Å². The minimum atomic E-state index is 0.817. The Kier molecular flexibility index (Phi) is 4.06. The molecular weight excluding hydrogens is 416 g/mol. The maximum absolute atomic E-state index is 2.43.